The Kier molecular flexibility index (Phi) is 6.22. The van der Waals surface area contributed by atoms with Crippen LogP contribution in [0, 0.1) is 0 Å². The Balaban J connectivity index is 1.19. The second-order valence-corrected chi connectivity index (χ2v) is 9.09. The third kappa shape index (κ3) is 4.83. The SMILES string of the molecule is COc1ccc(C2CC(=O)N(CC(=O)NC3Cc4ccccc4C3)C2)cc1OC1CCCO1. The number of carbonyl (C=O) groups is 2. The summed E-state index contributed by atoms with van der Waals surface area (Å²) >= 11 is 0. The molecule has 2 saturated heterocycles. The molecule has 1 aliphatic carbocycles. The first-order valence-electron chi connectivity index (χ1n) is 11.7. The monoisotopic (exact) mass is 450 g/mol. The summed E-state index contributed by atoms with van der Waals surface area (Å²) in [4.78, 5) is 27.0. The molecule has 2 unspecified atom stereocenters. The summed E-state index contributed by atoms with van der Waals surface area (Å²) in [6.45, 7) is 1.31. The molecule has 0 radical (unpaired) electrons. The van der Waals surface area contributed by atoms with Crippen LogP contribution in [0.5, 0.6) is 11.5 Å². The zero-order valence-electron chi connectivity index (χ0n) is 18.9. The quantitative estimate of drug-likeness (QED) is 0.702. The second kappa shape index (κ2) is 9.43. The lowest BCUT2D eigenvalue weighted by Crippen LogP contribution is -2.43. The Bertz CT molecular complexity index is 1010. The smallest absolute Gasteiger partial charge is 0.239 e. The highest BCUT2D eigenvalue weighted by Crippen LogP contribution is 2.36. The Morgan fingerprint density at radius 2 is 1.91 bits per heavy atom. The van der Waals surface area contributed by atoms with E-state index in [-0.39, 0.29) is 36.6 Å². The molecule has 33 heavy (non-hydrogen) atoms. The number of hydrogen-bond acceptors (Lipinski definition) is 5. The Morgan fingerprint density at radius 1 is 1.12 bits per heavy atom. The van der Waals surface area contributed by atoms with E-state index in [0.29, 0.717) is 31.1 Å². The van der Waals surface area contributed by atoms with E-state index >= 15 is 0 Å². The van der Waals surface area contributed by atoms with Crippen molar-refractivity contribution in [3.05, 3.63) is 59.2 Å². The molecule has 7 heteroatoms. The van der Waals surface area contributed by atoms with E-state index in [2.05, 4.69) is 17.4 Å². The molecule has 7 nitrogen and oxygen atoms in total. The van der Waals surface area contributed by atoms with Crippen molar-refractivity contribution in [1.82, 2.24) is 10.2 Å². The molecule has 2 atom stereocenters. The molecule has 0 saturated carbocycles. The van der Waals surface area contributed by atoms with E-state index in [0.717, 1.165) is 31.2 Å². The van der Waals surface area contributed by atoms with Gasteiger partial charge in [0, 0.05) is 31.3 Å². The maximum Gasteiger partial charge on any atom is 0.239 e. The molecule has 3 aliphatic rings. The highest BCUT2D eigenvalue weighted by molar-refractivity contribution is 5.87. The van der Waals surface area contributed by atoms with E-state index in [4.69, 9.17) is 14.2 Å². The Hall–Kier alpha value is -3.06. The summed E-state index contributed by atoms with van der Waals surface area (Å²) in [5.74, 6) is 1.19. The molecule has 0 spiro atoms. The number of hydrogen-bond donors (Lipinski definition) is 1. The number of rotatable bonds is 7. The fraction of sp³-hybridized carbons (Fsp3) is 0.462. The molecule has 0 bridgehead atoms. The first-order valence-corrected chi connectivity index (χ1v) is 11.7. The number of benzene rings is 2. The molecule has 2 aliphatic heterocycles. The normalized spacial score (nSPS) is 22.5. The molecule has 1 N–H and O–H groups in total. The number of ether oxygens (including phenoxy) is 3. The van der Waals surface area contributed by atoms with Crippen LogP contribution in [0.25, 0.3) is 0 Å². The Labute approximate surface area is 194 Å². The molecule has 0 aromatic heterocycles. The molecular weight excluding hydrogens is 420 g/mol. The van der Waals surface area contributed by atoms with E-state index in [1.165, 1.54) is 11.1 Å². The van der Waals surface area contributed by atoms with Gasteiger partial charge in [0.25, 0.3) is 0 Å². The lowest BCUT2D eigenvalue weighted by Gasteiger charge is -2.20. The van der Waals surface area contributed by atoms with Crippen LogP contribution in [0.2, 0.25) is 0 Å². The zero-order chi connectivity index (χ0) is 22.8. The number of nitrogens with one attached hydrogen (secondary N) is 1. The van der Waals surface area contributed by atoms with Gasteiger partial charge in [-0.15, -0.1) is 0 Å². The molecular formula is C26H30N2O5. The molecule has 2 fully saturated rings. The van der Waals surface area contributed by atoms with Gasteiger partial charge in [-0.2, -0.15) is 0 Å². The largest absolute Gasteiger partial charge is 0.493 e. The first kappa shape index (κ1) is 21.8. The fourth-order valence-corrected chi connectivity index (χ4v) is 5.08. The average Bonchev–Trinajstić information content (AvgIpc) is 3.54. The van der Waals surface area contributed by atoms with Gasteiger partial charge in [-0.25, -0.2) is 0 Å². The number of nitrogens with zero attached hydrogens (tertiary/aromatic N) is 1. The summed E-state index contributed by atoms with van der Waals surface area (Å²) in [5.41, 5.74) is 3.59. The van der Waals surface area contributed by atoms with E-state index < -0.39 is 0 Å². The summed E-state index contributed by atoms with van der Waals surface area (Å²) < 4.78 is 17.0. The number of methoxy groups -OCH3 is 1. The maximum absolute atomic E-state index is 12.7. The van der Waals surface area contributed by atoms with Gasteiger partial charge in [0.05, 0.1) is 20.3 Å². The lowest BCUT2D eigenvalue weighted by atomic mass is 9.98. The van der Waals surface area contributed by atoms with Crippen LogP contribution >= 0.6 is 0 Å². The molecule has 2 aromatic carbocycles. The second-order valence-electron chi connectivity index (χ2n) is 9.09. The van der Waals surface area contributed by atoms with Crippen LogP contribution in [0.3, 0.4) is 0 Å². The van der Waals surface area contributed by atoms with Crippen LogP contribution in [0.15, 0.2) is 42.5 Å². The summed E-state index contributed by atoms with van der Waals surface area (Å²) in [6.07, 6.45) is 3.64. The molecule has 2 heterocycles. The van der Waals surface area contributed by atoms with Crippen molar-refractivity contribution in [2.75, 3.05) is 26.8 Å². The van der Waals surface area contributed by atoms with Gasteiger partial charge in [0.2, 0.25) is 11.8 Å². The van der Waals surface area contributed by atoms with Gasteiger partial charge in [0.15, 0.2) is 17.8 Å². The summed E-state index contributed by atoms with van der Waals surface area (Å²) in [5, 5.41) is 3.11. The standard InChI is InChI=1S/C26H30N2O5/c1-31-22-9-8-19(13-23(22)33-26-7-4-10-32-26)20-14-25(30)28(15-20)16-24(29)27-21-11-17-5-2-3-6-18(17)12-21/h2-3,5-6,8-9,13,20-21,26H,4,7,10-12,14-16H2,1H3,(H,27,29). The van der Waals surface area contributed by atoms with Crippen molar-refractivity contribution in [1.29, 1.82) is 0 Å². The molecule has 5 rings (SSSR count). The van der Waals surface area contributed by atoms with Crippen molar-refractivity contribution in [3.63, 3.8) is 0 Å². The number of carbonyl (C=O) groups excluding carboxylic acids is 2. The third-order valence-electron chi connectivity index (χ3n) is 6.77. The minimum Gasteiger partial charge on any atom is -0.493 e. The van der Waals surface area contributed by atoms with Crippen LogP contribution in [0.4, 0.5) is 0 Å². The van der Waals surface area contributed by atoms with Crippen molar-refractivity contribution in [2.45, 2.75) is 50.4 Å². The van der Waals surface area contributed by atoms with Crippen LogP contribution < -0.4 is 14.8 Å². The fourth-order valence-electron chi connectivity index (χ4n) is 5.08. The number of likely N-dealkylation sites (tertiary alicyclic amines) is 1. The minimum absolute atomic E-state index is 0.00210. The zero-order valence-corrected chi connectivity index (χ0v) is 18.9. The van der Waals surface area contributed by atoms with Gasteiger partial charge in [-0.05, 0) is 48.1 Å². The van der Waals surface area contributed by atoms with Crippen molar-refractivity contribution < 1.29 is 23.8 Å². The molecule has 2 amide bonds. The number of amides is 2. The van der Waals surface area contributed by atoms with Crippen molar-refractivity contribution in [2.24, 2.45) is 0 Å². The topological polar surface area (TPSA) is 77.1 Å². The molecule has 2 aromatic rings. The van der Waals surface area contributed by atoms with Gasteiger partial charge >= 0.3 is 0 Å². The first-order chi connectivity index (χ1) is 16.1. The predicted molar refractivity (Wildman–Crippen MR) is 122 cm³/mol. The van der Waals surface area contributed by atoms with Gasteiger partial charge < -0.3 is 24.4 Å². The average molecular weight is 451 g/mol. The third-order valence-corrected chi connectivity index (χ3v) is 6.77. The Morgan fingerprint density at radius 3 is 2.61 bits per heavy atom. The van der Waals surface area contributed by atoms with Gasteiger partial charge in [0.1, 0.15) is 0 Å². The number of fused-ring (bicyclic) bond motifs is 1. The molecule has 174 valence electrons. The van der Waals surface area contributed by atoms with E-state index in [1.807, 2.05) is 30.3 Å². The van der Waals surface area contributed by atoms with Crippen LogP contribution in [0.1, 0.15) is 41.9 Å². The summed E-state index contributed by atoms with van der Waals surface area (Å²) in [6, 6.07) is 14.2. The van der Waals surface area contributed by atoms with Gasteiger partial charge in [-0.1, -0.05) is 30.3 Å². The van der Waals surface area contributed by atoms with Crippen LogP contribution in [-0.2, 0) is 27.2 Å². The minimum atomic E-state index is -0.263. The highest BCUT2D eigenvalue weighted by atomic mass is 16.7. The summed E-state index contributed by atoms with van der Waals surface area (Å²) in [7, 11) is 1.61. The van der Waals surface area contributed by atoms with Crippen LogP contribution in [-0.4, -0.2) is 55.9 Å². The van der Waals surface area contributed by atoms with E-state index in [9.17, 15) is 9.59 Å². The highest BCUT2D eigenvalue weighted by Gasteiger charge is 2.33. The van der Waals surface area contributed by atoms with E-state index in [1.54, 1.807) is 12.0 Å². The van der Waals surface area contributed by atoms with Gasteiger partial charge in [-0.3, -0.25) is 9.59 Å². The van der Waals surface area contributed by atoms with Crippen molar-refractivity contribution >= 4 is 11.8 Å². The predicted octanol–water partition coefficient (Wildman–Crippen LogP) is 2.81. The van der Waals surface area contributed by atoms with Crippen molar-refractivity contribution in [3.8, 4) is 11.5 Å². The lowest BCUT2D eigenvalue weighted by molar-refractivity contribution is -0.133. The maximum atomic E-state index is 12.7.